The molecule has 0 heterocycles. The lowest BCUT2D eigenvalue weighted by Crippen LogP contribution is -2.30. The lowest BCUT2D eigenvalue weighted by atomic mass is 10.1. The van der Waals surface area contributed by atoms with E-state index in [1.54, 1.807) is 0 Å². The number of hydrogen-bond donors (Lipinski definition) is 2. The highest BCUT2D eigenvalue weighted by atomic mass is 19.1. The van der Waals surface area contributed by atoms with Crippen molar-refractivity contribution in [2.24, 2.45) is 5.92 Å². The zero-order valence-corrected chi connectivity index (χ0v) is 10.2. The molecule has 0 spiro atoms. The lowest BCUT2D eigenvalue weighted by Gasteiger charge is -2.13. The van der Waals surface area contributed by atoms with E-state index in [-0.39, 0.29) is 6.42 Å². The molecule has 0 saturated carbocycles. The minimum absolute atomic E-state index is 0.250. The predicted octanol–water partition coefficient (Wildman–Crippen LogP) is 2.11. The van der Waals surface area contributed by atoms with E-state index in [1.807, 2.05) is 0 Å². The number of aliphatic hydroxyl groups is 1. The summed E-state index contributed by atoms with van der Waals surface area (Å²) in [7, 11) is 0. The van der Waals surface area contributed by atoms with Gasteiger partial charge in [0.25, 0.3) is 0 Å². The summed E-state index contributed by atoms with van der Waals surface area (Å²) in [6, 6.07) is 3.32. The number of nitrogens with one attached hydrogen (secondary N) is 1. The van der Waals surface area contributed by atoms with Gasteiger partial charge in [0, 0.05) is 12.6 Å². The van der Waals surface area contributed by atoms with E-state index in [9.17, 15) is 13.9 Å². The van der Waals surface area contributed by atoms with Crippen molar-refractivity contribution in [2.75, 3.05) is 13.1 Å². The molecule has 0 bridgehead atoms. The van der Waals surface area contributed by atoms with Crippen molar-refractivity contribution in [2.45, 2.75) is 26.4 Å². The summed E-state index contributed by atoms with van der Waals surface area (Å²) in [4.78, 5) is 0. The summed E-state index contributed by atoms with van der Waals surface area (Å²) in [6.07, 6.45) is -0.380. The lowest BCUT2D eigenvalue weighted by molar-refractivity contribution is 0.170. The first-order valence-electron chi connectivity index (χ1n) is 5.81. The fourth-order valence-electron chi connectivity index (χ4n) is 1.61. The van der Waals surface area contributed by atoms with Crippen molar-refractivity contribution in [1.82, 2.24) is 5.32 Å². The molecule has 0 aliphatic rings. The van der Waals surface area contributed by atoms with Gasteiger partial charge in [0.05, 0.1) is 6.10 Å². The minimum Gasteiger partial charge on any atom is -0.391 e. The van der Waals surface area contributed by atoms with Gasteiger partial charge in [0.2, 0.25) is 0 Å². The molecule has 0 fully saturated rings. The Bertz CT molecular complexity index is 335. The van der Waals surface area contributed by atoms with Crippen LogP contribution in [0, 0.1) is 17.6 Å². The fourth-order valence-corrected chi connectivity index (χ4v) is 1.61. The molecule has 0 aliphatic carbocycles. The maximum atomic E-state index is 12.9. The third-order valence-corrected chi connectivity index (χ3v) is 2.33. The van der Waals surface area contributed by atoms with Crippen LogP contribution in [0.25, 0.3) is 0 Å². The Kier molecular flexibility index (Phi) is 5.51. The molecular weight excluding hydrogens is 224 g/mol. The van der Waals surface area contributed by atoms with Gasteiger partial charge in [0.15, 0.2) is 0 Å². The molecule has 0 aromatic heterocycles. The van der Waals surface area contributed by atoms with Crippen molar-refractivity contribution in [3.05, 3.63) is 35.4 Å². The molecule has 1 atom stereocenters. The van der Waals surface area contributed by atoms with Crippen molar-refractivity contribution in [1.29, 1.82) is 0 Å². The third kappa shape index (κ3) is 5.75. The molecule has 1 unspecified atom stereocenters. The summed E-state index contributed by atoms with van der Waals surface area (Å²) in [5.41, 5.74) is 0.473. The maximum Gasteiger partial charge on any atom is 0.126 e. The monoisotopic (exact) mass is 243 g/mol. The van der Waals surface area contributed by atoms with Crippen LogP contribution in [0.4, 0.5) is 8.78 Å². The van der Waals surface area contributed by atoms with Crippen molar-refractivity contribution < 1.29 is 13.9 Å². The third-order valence-electron chi connectivity index (χ3n) is 2.33. The molecule has 4 heteroatoms. The Labute approximate surface area is 101 Å². The van der Waals surface area contributed by atoms with Gasteiger partial charge >= 0.3 is 0 Å². The molecule has 2 nitrogen and oxygen atoms in total. The number of aliphatic hydroxyl groups excluding tert-OH is 1. The van der Waals surface area contributed by atoms with Crippen LogP contribution in [-0.2, 0) is 6.42 Å². The summed E-state index contributed by atoms with van der Waals surface area (Å²) < 4.78 is 25.8. The van der Waals surface area contributed by atoms with Crippen LogP contribution >= 0.6 is 0 Å². The first-order chi connectivity index (χ1) is 7.97. The maximum absolute atomic E-state index is 12.9. The van der Waals surface area contributed by atoms with E-state index in [2.05, 4.69) is 19.2 Å². The van der Waals surface area contributed by atoms with Crippen molar-refractivity contribution in [3.63, 3.8) is 0 Å². The van der Waals surface area contributed by atoms with E-state index in [0.717, 1.165) is 12.6 Å². The molecule has 0 aliphatic heterocycles. The summed E-state index contributed by atoms with van der Waals surface area (Å²) in [5, 5.41) is 12.8. The van der Waals surface area contributed by atoms with Gasteiger partial charge in [-0.25, -0.2) is 8.78 Å². The predicted molar refractivity (Wildman–Crippen MR) is 63.8 cm³/mol. The Morgan fingerprint density at radius 2 is 1.71 bits per heavy atom. The molecule has 96 valence electrons. The van der Waals surface area contributed by atoms with Crippen LogP contribution in [0.15, 0.2) is 18.2 Å². The highest BCUT2D eigenvalue weighted by Crippen LogP contribution is 2.10. The quantitative estimate of drug-likeness (QED) is 0.802. The molecule has 2 N–H and O–H groups in total. The van der Waals surface area contributed by atoms with E-state index >= 15 is 0 Å². The molecule has 0 radical (unpaired) electrons. The molecule has 17 heavy (non-hydrogen) atoms. The minimum atomic E-state index is -0.630. The van der Waals surface area contributed by atoms with Crippen LogP contribution in [0.3, 0.4) is 0 Å². The van der Waals surface area contributed by atoms with Crippen LogP contribution in [0.5, 0.6) is 0 Å². The second-order valence-corrected chi connectivity index (χ2v) is 4.69. The van der Waals surface area contributed by atoms with Gasteiger partial charge in [-0.2, -0.15) is 0 Å². The number of halogens is 2. The van der Waals surface area contributed by atoms with E-state index in [4.69, 9.17) is 0 Å². The normalized spacial score (nSPS) is 13.1. The summed E-state index contributed by atoms with van der Waals surface area (Å²) in [5.74, 6) is -0.710. The molecular formula is C13H19F2NO. The van der Waals surface area contributed by atoms with Gasteiger partial charge in [0.1, 0.15) is 11.6 Å². The highest BCUT2D eigenvalue weighted by molar-refractivity contribution is 5.18. The fraction of sp³-hybridized carbons (Fsp3) is 0.538. The number of rotatable bonds is 6. The molecule has 1 aromatic carbocycles. The Balaban J connectivity index is 2.42. The van der Waals surface area contributed by atoms with Gasteiger partial charge < -0.3 is 10.4 Å². The molecule has 0 amide bonds. The standard InChI is InChI=1S/C13H19F2NO/c1-9(2)7-16-8-13(17)5-10-3-11(14)6-12(15)4-10/h3-4,6,9,13,16-17H,5,7-8H2,1-2H3. The van der Waals surface area contributed by atoms with Gasteiger partial charge in [-0.1, -0.05) is 13.8 Å². The first-order valence-corrected chi connectivity index (χ1v) is 5.81. The second-order valence-electron chi connectivity index (χ2n) is 4.69. The summed E-state index contributed by atoms with van der Waals surface area (Å²) in [6.45, 7) is 5.38. The van der Waals surface area contributed by atoms with Crippen molar-refractivity contribution in [3.8, 4) is 0 Å². The number of hydrogen-bond acceptors (Lipinski definition) is 2. The van der Waals surface area contributed by atoms with Crippen LogP contribution in [0.1, 0.15) is 19.4 Å². The Hall–Kier alpha value is -1.00. The zero-order valence-electron chi connectivity index (χ0n) is 10.2. The second kappa shape index (κ2) is 6.67. The van der Waals surface area contributed by atoms with E-state index < -0.39 is 17.7 Å². The van der Waals surface area contributed by atoms with Crippen LogP contribution < -0.4 is 5.32 Å². The first kappa shape index (κ1) is 14.1. The highest BCUT2D eigenvalue weighted by Gasteiger charge is 2.08. The smallest absolute Gasteiger partial charge is 0.126 e. The zero-order chi connectivity index (χ0) is 12.8. The van der Waals surface area contributed by atoms with E-state index in [0.29, 0.717) is 18.0 Å². The SMILES string of the molecule is CC(C)CNCC(O)Cc1cc(F)cc(F)c1. The van der Waals surface area contributed by atoms with Crippen LogP contribution in [0.2, 0.25) is 0 Å². The summed E-state index contributed by atoms with van der Waals surface area (Å²) >= 11 is 0. The average molecular weight is 243 g/mol. The number of benzene rings is 1. The van der Waals surface area contributed by atoms with E-state index in [1.165, 1.54) is 12.1 Å². The average Bonchev–Trinajstić information content (AvgIpc) is 2.14. The molecule has 0 saturated heterocycles. The largest absolute Gasteiger partial charge is 0.391 e. The van der Waals surface area contributed by atoms with Crippen molar-refractivity contribution >= 4 is 0 Å². The molecule has 1 rings (SSSR count). The van der Waals surface area contributed by atoms with Crippen LogP contribution in [-0.4, -0.2) is 24.3 Å². The van der Waals surface area contributed by atoms with Gasteiger partial charge in [-0.15, -0.1) is 0 Å². The van der Waals surface area contributed by atoms with Gasteiger partial charge in [-0.05, 0) is 36.6 Å². The van der Waals surface area contributed by atoms with Gasteiger partial charge in [-0.3, -0.25) is 0 Å². The molecule has 1 aromatic rings. The Morgan fingerprint density at radius 1 is 1.12 bits per heavy atom. The topological polar surface area (TPSA) is 32.3 Å². The Morgan fingerprint density at radius 3 is 2.24 bits per heavy atom.